The first-order valence-electron chi connectivity index (χ1n) is 6.06. The van der Waals surface area contributed by atoms with E-state index in [4.69, 9.17) is 10.2 Å². The summed E-state index contributed by atoms with van der Waals surface area (Å²) in [6.07, 6.45) is -0.398. The van der Waals surface area contributed by atoms with Gasteiger partial charge in [0.2, 0.25) is 0 Å². The molecular formula is C12H24O6. The number of hydrogen-bond acceptors (Lipinski definition) is 6. The number of hydrogen-bond donors (Lipinski definition) is 2. The van der Waals surface area contributed by atoms with E-state index in [0.29, 0.717) is 13.2 Å². The summed E-state index contributed by atoms with van der Waals surface area (Å²) in [6.45, 7) is 7.36. The first kappa shape index (κ1) is 19.2. The summed E-state index contributed by atoms with van der Waals surface area (Å²) < 4.78 is 9.13. The minimum atomic E-state index is -0.989. The van der Waals surface area contributed by atoms with Gasteiger partial charge in [-0.25, -0.2) is 9.59 Å². The molecule has 0 aromatic heterocycles. The van der Waals surface area contributed by atoms with Crippen LogP contribution in [-0.2, 0) is 19.1 Å². The van der Waals surface area contributed by atoms with E-state index < -0.39 is 24.1 Å². The zero-order chi connectivity index (χ0) is 14.6. The van der Waals surface area contributed by atoms with E-state index >= 15 is 0 Å². The SMILES string of the molecule is CCCOC(=O)C(C)O.CCCOC(=O)C(C)O. The fraction of sp³-hybridized carbons (Fsp3) is 0.833. The third-order valence-corrected chi connectivity index (χ3v) is 1.58. The molecule has 6 heteroatoms. The van der Waals surface area contributed by atoms with Gasteiger partial charge >= 0.3 is 11.9 Å². The number of aliphatic hydroxyl groups is 2. The molecule has 0 aliphatic carbocycles. The first-order valence-corrected chi connectivity index (χ1v) is 6.06. The summed E-state index contributed by atoms with van der Waals surface area (Å²) in [7, 11) is 0. The number of carbonyl (C=O) groups is 2. The van der Waals surface area contributed by atoms with Gasteiger partial charge < -0.3 is 19.7 Å². The quantitative estimate of drug-likeness (QED) is 0.684. The molecule has 0 aliphatic heterocycles. The standard InChI is InChI=1S/2C6H12O3/c2*1-3-4-9-6(8)5(2)7/h2*5,7H,3-4H2,1-2H3. The Balaban J connectivity index is 0. The molecule has 0 saturated heterocycles. The smallest absolute Gasteiger partial charge is 0.334 e. The Morgan fingerprint density at radius 3 is 1.33 bits per heavy atom. The Bertz CT molecular complexity index is 201. The predicted molar refractivity (Wildman–Crippen MR) is 65.9 cm³/mol. The van der Waals surface area contributed by atoms with Crippen LogP contribution in [0.1, 0.15) is 40.5 Å². The Morgan fingerprint density at radius 2 is 1.17 bits per heavy atom. The second-order valence-electron chi connectivity index (χ2n) is 3.69. The van der Waals surface area contributed by atoms with Crippen molar-refractivity contribution in [2.75, 3.05) is 13.2 Å². The van der Waals surface area contributed by atoms with Crippen molar-refractivity contribution in [2.45, 2.75) is 52.7 Å². The van der Waals surface area contributed by atoms with E-state index in [-0.39, 0.29) is 0 Å². The summed E-state index contributed by atoms with van der Waals surface area (Å²) >= 11 is 0. The molecule has 0 spiro atoms. The van der Waals surface area contributed by atoms with Crippen molar-refractivity contribution in [3.8, 4) is 0 Å². The number of ether oxygens (including phenoxy) is 2. The fourth-order valence-electron chi connectivity index (χ4n) is 0.647. The molecule has 0 rings (SSSR count). The van der Waals surface area contributed by atoms with E-state index in [9.17, 15) is 9.59 Å². The van der Waals surface area contributed by atoms with Crippen LogP contribution in [0.5, 0.6) is 0 Å². The Hall–Kier alpha value is -1.14. The van der Waals surface area contributed by atoms with Crippen molar-refractivity contribution in [2.24, 2.45) is 0 Å². The van der Waals surface area contributed by atoms with Crippen molar-refractivity contribution < 1.29 is 29.3 Å². The van der Waals surface area contributed by atoms with Crippen molar-refractivity contribution in [3.63, 3.8) is 0 Å². The largest absolute Gasteiger partial charge is 0.464 e. The van der Waals surface area contributed by atoms with E-state index in [1.807, 2.05) is 13.8 Å². The topological polar surface area (TPSA) is 93.1 Å². The zero-order valence-electron chi connectivity index (χ0n) is 11.5. The van der Waals surface area contributed by atoms with Crippen LogP contribution in [0.2, 0.25) is 0 Å². The lowest BCUT2D eigenvalue weighted by molar-refractivity contribution is -0.153. The van der Waals surface area contributed by atoms with Gasteiger partial charge in [0, 0.05) is 0 Å². The predicted octanol–water partition coefficient (Wildman–Crippen LogP) is 0.641. The van der Waals surface area contributed by atoms with Crippen LogP contribution < -0.4 is 0 Å². The lowest BCUT2D eigenvalue weighted by atomic mass is 10.4. The first-order chi connectivity index (χ1) is 8.36. The fourth-order valence-corrected chi connectivity index (χ4v) is 0.647. The molecule has 0 radical (unpaired) electrons. The van der Waals surface area contributed by atoms with Gasteiger partial charge in [0.1, 0.15) is 12.2 Å². The average Bonchev–Trinajstić information content (AvgIpc) is 2.33. The molecule has 18 heavy (non-hydrogen) atoms. The van der Waals surface area contributed by atoms with Gasteiger partial charge in [-0.3, -0.25) is 0 Å². The van der Waals surface area contributed by atoms with Gasteiger partial charge in [-0.15, -0.1) is 0 Å². The zero-order valence-corrected chi connectivity index (χ0v) is 11.5. The Morgan fingerprint density at radius 1 is 0.889 bits per heavy atom. The maximum Gasteiger partial charge on any atom is 0.334 e. The lowest BCUT2D eigenvalue weighted by Crippen LogP contribution is -2.19. The Kier molecular flexibility index (Phi) is 13.1. The molecule has 0 fully saturated rings. The summed E-state index contributed by atoms with van der Waals surface area (Å²) in [5, 5.41) is 17.1. The monoisotopic (exact) mass is 264 g/mol. The van der Waals surface area contributed by atoms with Crippen LogP contribution in [0, 0.1) is 0 Å². The van der Waals surface area contributed by atoms with Gasteiger partial charge in [-0.05, 0) is 26.7 Å². The molecule has 2 unspecified atom stereocenters. The van der Waals surface area contributed by atoms with Crippen molar-refractivity contribution >= 4 is 11.9 Å². The highest BCUT2D eigenvalue weighted by molar-refractivity contribution is 5.74. The summed E-state index contributed by atoms with van der Waals surface area (Å²) in [5.41, 5.74) is 0. The highest BCUT2D eigenvalue weighted by Gasteiger charge is 2.08. The molecule has 0 bridgehead atoms. The Labute approximate surface area is 108 Å². The van der Waals surface area contributed by atoms with Crippen LogP contribution in [0.25, 0.3) is 0 Å². The van der Waals surface area contributed by atoms with Crippen molar-refractivity contribution in [1.82, 2.24) is 0 Å². The van der Waals surface area contributed by atoms with Crippen molar-refractivity contribution in [3.05, 3.63) is 0 Å². The maximum atomic E-state index is 10.4. The van der Waals surface area contributed by atoms with Crippen LogP contribution in [0.15, 0.2) is 0 Å². The van der Waals surface area contributed by atoms with Gasteiger partial charge in [0.25, 0.3) is 0 Å². The molecule has 0 heterocycles. The highest BCUT2D eigenvalue weighted by atomic mass is 16.5. The van der Waals surface area contributed by atoms with Gasteiger partial charge in [0.15, 0.2) is 0 Å². The van der Waals surface area contributed by atoms with Crippen LogP contribution in [0.3, 0.4) is 0 Å². The molecule has 0 amide bonds. The third-order valence-electron chi connectivity index (χ3n) is 1.58. The number of aliphatic hydroxyl groups excluding tert-OH is 2. The summed E-state index contributed by atoms with van der Waals surface area (Å²) in [5.74, 6) is -1.09. The van der Waals surface area contributed by atoms with Crippen molar-refractivity contribution in [1.29, 1.82) is 0 Å². The minimum Gasteiger partial charge on any atom is -0.464 e. The van der Waals surface area contributed by atoms with E-state index in [1.165, 1.54) is 13.8 Å². The van der Waals surface area contributed by atoms with Gasteiger partial charge in [0.05, 0.1) is 13.2 Å². The molecule has 108 valence electrons. The molecular weight excluding hydrogens is 240 g/mol. The molecule has 2 N–H and O–H groups in total. The molecule has 6 nitrogen and oxygen atoms in total. The van der Waals surface area contributed by atoms with E-state index in [2.05, 4.69) is 9.47 Å². The molecule has 2 atom stereocenters. The number of carbonyl (C=O) groups excluding carboxylic acids is 2. The van der Waals surface area contributed by atoms with Crippen LogP contribution in [-0.4, -0.2) is 47.6 Å². The van der Waals surface area contributed by atoms with E-state index in [1.54, 1.807) is 0 Å². The summed E-state index contributed by atoms with van der Waals surface area (Å²) in [6, 6.07) is 0. The molecule has 0 aromatic carbocycles. The number of esters is 2. The van der Waals surface area contributed by atoms with Crippen LogP contribution in [0.4, 0.5) is 0 Å². The molecule has 0 aliphatic rings. The van der Waals surface area contributed by atoms with Crippen LogP contribution >= 0.6 is 0 Å². The second kappa shape index (κ2) is 12.3. The molecule has 0 aromatic rings. The second-order valence-corrected chi connectivity index (χ2v) is 3.69. The normalized spacial score (nSPS) is 12.8. The average molecular weight is 264 g/mol. The maximum absolute atomic E-state index is 10.4. The minimum absolute atomic E-state index is 0.393. The number of rotatable bonds is 6. The highest BCUT2D eigenvalue weighted by Crippen LogP contribution is 1.88. The van der Waals surface area contributed by atoms with E-state index in [0.717, 1.165) is 12.8 Å². The lowest BCUT2D eigenvalue weighted by Gasteiger charge is -2.03. The van der Waals surface area contributed by atoms with Gasteiger partial charge in [-0.2, -0.15) is 0 Å². The van der Waals surface area contributed by atoms with Gasteiger partial charge in [-0.1, -0.05) is 13.8 Å². The summed E-state index contributed by atoms with van der Waals surface area (Å²) in [4.78, 5) is 20.9. The third kappa shape index (κ3) is 12.9. The molecule has 0 saturated carbocycles.